The Morgan fingerprint density at radius 2 is 2.15 bits per heavy atom. The van der Waals surface area contributed by atoms with Crippen molar-refractivity contribution in [3.63, 3.8) is 0 Å². The maximum absolute atomic E-state index is 5.00. The average Bonchev–Trinajstić information content (AvgIpc) is 2.46. The quantitative estimate of drug-likeness (QED) is 0.750. The number of aryl methyl sites for hydroxylation is 1. The molecule has 0 atom stereocenters. The van der Waals surface area contributed by atoms with E-state index in [-0.39, 0.29) is 0 Å². The summed E-state index contributed by atoms with van der Waals surface area (Å²) in [6.07, 6.45) is 3.57. The first-order valence-corrected chi connectivity index (χ1v) is 6.49. The minimum Gasteiger partial charge on any atom is -0.383 e. The van der Waals surface area contributed by atoms with Gasteiger partial charge in [-0.2, -0.15) is 4.98 Å². The van der Waals surface area contributed by atoms with Gasteiger partial charge in [-0.3, -0.25) is 4.98 Å². The van der Waals surface area contributed by atoms with Crippen LogP contribution >= 0.6 is 0 Å². The summed E-state index contributed by atoms with van der Waals surface area (Å²) in [6, 6.07) is 5.82. The SMILES string of the molecule is COCCNc1cc(C)nc(NCc2cccnc2)n1. The summed E-state index contributed by atoms with van der Waals surface area (Å²) in [7, 11) is 1.67. The highest BCUT2D eigenvalue weighted by atomic mass is 16.5. The lowest BCUT2D eigenvalue weighted by Gasteiger charge is -2.09. The zero-order valence-corrected chi connectivity index (χ0v) is 11.8. The zero-order chi connectivity index (χ0) is 14.2. The Morgan fingerprint density at radius 3 is 2.90 bits per heavy atom. The molecule has 0 aromatic carbocycles. The fourth-order valence-electron chi connectivity index (χ4n) is 1.70. The Hall–Kier alpha value is -2.21. The number of anilines is 2. The van der Waals surface area contributed by atoms with Gasteiger partial charge < -0.3 is 15.4 Å². The molecule has 0 amide bonds. The first-order valence-electron chi connectivity index (χ1n) is 6.49. The van der Waals surface area contributed by atoms with Crippen molar-refractivity contribution in [3.05, 3.63) is 41.9 Å². The van der Waals surface area contributed by atoms with Crippen molar-refractivity contribution < 1.29 is 4.74 Å². The van der Waals surface area contributed by atoms with Crippen molar-refractivity contribution in [3.8, 4) is 0 Å². The summed E-state index contributed by atoms with van der Waals surface area (Å²) in [5.74, 6) is 1.40. The summed E-state index contributed by atoms with van der Waals surface area (Å²) >= 11 is 0. The summed E-state index contributed by atoms with van der Waals surface area (Å²) in [5.41, 5.74) is 2.00. The minimum absolute atomic E-state index is 0.605. The van der Waals surface area contributed by atoms with Crippen LogP contribution in [0.3, 0.4) is 0 Å². The molecule has 0 aliphatic rings. The van der Waals surface area contributed by atoms with Gasteiger partial charge in [-0.1, -0.05) is 6.07 Å². The Balaban J connectivity index is 1.97. The van der Waals surface area contributed by atoms with Crippen LogP contribution in [-0.2, 0) is 11.3 Å². The smallest absolute Gasteiger partial charge is 0.225 e. The van der Waals surface area contributed by atoms with E-state index in [1.807, 2.05) is 31.3 Å². The Bertz CT molecular complexity index is 532. The number of rotatable bonds is 7. The monoisotopic (exact) mass is 273 g/mol. The molecule has 0 fully saturated rings. The number of nitrogens with one attached hydrogen (secondary N) is 2. The molecule has 6 heteroatoms. The van der Waals surface area contributed by atoms with Gasteiger partial charge in [-0.15, -0.1) is 0 Å². The van der Waals surface area contributed by atoms with Gasteiger partial charge in [-0.25, -0.2) is 4.98 Å². The third-order valence-electron chi connectivity index (χ3n) is 2.64. The van der Waals surface area contributed by atoms with E-state index in [1.54, 1.807) is 13.3 Å². The maximum atomic E-state index is 5.00. The maximum Gasteiger partial charge on any atom is 0.225 e. The van der Waals surface area contributed by atoms with Gasteiger partial charge in [0.1, 0.15) is 5.82 Å². The molecule has 2 heterocycles. The molecule has 20 heavy (non-hydrogen) atoms. The molecule has 2 aromatic rings. The third kappa shape index (κ3) is 4.47. The van der Waals surface area contributed by atoms with Gasteiger partial charge in [0.15, 0.2) is 0 Å². The van der Waals surface area contributed by atoms with Crippen molar-refractivity contribution >= 4 is 11.8 Å². The fourth-order valence-corrected chi connectivity index (χ4v) is 1.70. The van der Waals surface area contributed by atoms with Gasteiger partial charge in [0.25, 0.3) is 0 Å². The lowest BCUT2D eigenvalue weighted by atomic mass is 10.3. The normalized spacial score (nSPS) is 10.3. The highest BCUT2D eigenvalue weighted by molar-refractivity contribution is 5.42. The fraction of sp³-hybridized carbons (Fsp3) is 0.357. The van der Waals surface area contributed by atoms with Crippen molar-refractivity contribution in [2.45, 2.75) is 13.5 Å². The van der Waals surface area contributed by atoms with Crippen LogP contribution in [-0.4, -0.2) is 35.2 Å². The minimum atomic E-state index is 0.605. The number of hydrogen-bond acceptors (Lipinski definition) is 6. The van der Waals surface area contributed by atoms with Gasteiger partial charge in [0.05, 0.1) is 6.61 Å². The predicted octanol–water partition coefficient (Wildman–Crippen LogP) is 1.85. The van der Waals surface area contributed by atoms with E-state index < -0.39 is 0 Å². The van der Waals surface area contributed by atoms with Gasteiger partial charge in [-0.05, 0) is 18.6 Å². The second kappa shape index (κ2) is 7.40. The molecular weight excluding hydrogens is 254 g/mol. The second-order valence-corrected chi connectivity index (χ2v) is 4.35. The number of aromatic nitrogens is 3. The standard InChI is InChI=1S/C14H19N5O/c1-11-8-13(16-6-7-20-2)19-14(18-11)17-10-12-4-3-5-15-9-12/h3-5,8-9H,6-7,10H2,1-2H3,(H2,16,17,18,19). The molecule has 106 valence electrons. The average molecular weight is 273 g/mol. The largest absolute Gasteiger partial charge is 0.383 e. The molecule has 0 spiro atoms. The van der Waals surface area contributed by atoms with Crippen LogP contribution in [0.1, 0.15) is 11.3 Å². The van der Waals surface area contributed by atoms with Crippen molar-refractivity contribution in [2.24, 2.45) is 0 Å². The van der Waals surface area contributed by atoms with E-state index in [1.165, 1.54) is 0 Å². The zero-order valence-electron chi connectivity index (χ0n) is 11.8. The van der Waals surface area contributed by atoms with Crippen molar-refractivity contribution in [2.75, 3.05) is 30.9 Å². The molecule has 0 saturated carbocycles. The van der Waals surface area contributed by atoms with Crippen LogP contribution in [0.4, 0.5) is 11.8 Å². The number of hydrogen-bond donors (Lipinski definition) is 2. The van der Waals surface area contributed by atoms with Crippen LogP contribution in [0.25, 0.3) is 0 Å². The van der Waals surface area contributed by atoms with Gasteiger partial charge >= 0.3 is 0 Å². The van der Waals surface area contributed by atoms with Crippen molar-refractivity contribution in [1.82, 2.24) is 15.0 Å². The molecule has 0 aliphatic heterocycles. The molecule has 2 N–H and O–H groups in total. The lowest BCUT2D eigenvalue weighted by Crippen LogP contribution is -2.11. The highest BCUT2D eigenvalue weighted by Gasteiger charge is 2.02. The predicted molar refractivity (Wildman–Crippen MR) is 78.7 cm³/mol. The van der Waals surface area contributed by atoms with Gasteiger partial charge in [0, 0.05) is 44.4 Å². The number of ether oxygens (including phenoxy) is 1. The molecule has 6 nitrogen and oxygen atoms in total. The van der Waals surface area contributed by atoms with Crippen LogP contribution < -0.4 is 10.6 Å². The van der Waals surface area contributed by atoms with E-state index in [2.05, 4.69) is 25.6 Å². The van der Waals surface area contributed by atoms with Crippen LogP contribution in [0.15, 0.2) is 30.6 Å². The number of methoxy groups -OCH3 is 1. The summed E-state index contributed by atoms with van der Waals surface area (Å²) in [6.45, 7) is 3.95. The molecule has 2 rings (SSSR count). The van der Waals surface area contributed by atoms with E-state index >= 15 is 0 Å². The summed E-state index contributed by atoms with van der Waals surface area (Å²) in [5, 5.41) is 6.40. The molecule has 0 aliphatic carbocycles. The van der Waals surface area contributed by atoms with E-state index in [0.29, 0.717) is 19.1 Å². The summed E-state index contributed by atoms with van der Waals surface area (Å²) in [4.78, 5) is 12.8. The highest BCUT2D eigenvalue weighted by Crippen LogP contribution is 2.10. The molecule has 0 bridgehead atoms. The summed E-state index contributed by atoms with van der Waals surface area (Å²) < 4.78 is 5.00. The van der Waals surface area contributed by atoms with Gasteiger partial charge in [0.2, 0.25) is 5.95 Å². The van der Waals surface area contributed by atoms with E-state index in [4.69, 9.17) is 4.74 Å². The van der Waals surface area contributed by atoms with E-state index in [0.717, 1.165) is 23.6 Å². The van der Waals surface area contributed by atoms with Crippen LogP contribution in [0.2, 0.25) is 0 Å². The Morgan fingerprint density at radius 1 is 1.25 bits per heavy atom. The topological polar surface area (TPSA) is 72.0 Å². The molecule has 0 unspecified atom stereocenters. The third-order valence-corrected chi connectivity index (χ3v) is 2.64. The lowest BCUT2D eigenvalue weighted by molar-refractivity contribution is 0.210. The van der Waals surface area contributed by atoms with Crippen LogP contribution in [0, 0.1) is 6.92 Å². The van der Waals surface area contributed by atoms with Crippen molar-refractivity contribution in [1.29, 1.82) is 0 Å². The Labute approximate surface area is 118 Å². The van der Waals surface area contributed by atoms with Crippen LogP contribution in [0.5, 0.6) is 0 Å². The molecule has 2 aromatic heterocycles. The number of nitrogens with zero attached hydrogens (tertiary/aromatic N) is 3. The van der Waals surface area contributed by atoms with E-state index in [9.17, 15) is 0 Å². The molecule has 0 radical (unpaired) electrons. The second-order valence-electron chi connectivity index (χ2n) is 4.35. The first-order chi connectivity index (χ1) is 9.78. The molecular formula is C14H19N5O. The molecule has 0 saturated heterocycles. The Kier molecular flexibility index (Phi) is 5.25. The first kappa shape index (κ1) is 14.2. The number of pyridine rings is 1.